The van der Waals surface area contributed by atoms with Gasteiger partial charge in [-0.2, -0.15) is 9.57 Å². The fraction of sp³-hybridized carbons (Fsp3) is 0.318. The molecule has 1 N–H and O–H groups in total. The van der Waals surface area contributed by atoms with E-state index in [9.17, 15) is 21.6 Å². The number of carbonyl (C=O) groups is 1. The highest BCUT2D eigenvalue weighted by molar-refractivity contribution is 7.92. The summed E-state index contributed by atoms with van der Waals surface area (Å²) in [5.41, 5.74) is 0.761. The minimum absolute atomic E-state index is 0.0488. The van der Waals surface area contributed by atoms with Crippen molar-refractivity contribution < 1.29 is 21.6 Å². The smallest absolute Gasteiger partial charge is 0.277 e. The first kappa shape index (κ1) is 27.8. The fourth-order valence-electron chi connectivity index (χ4n) is 3.72. The minimum Gasteiger partial charge on any atom is -0.338 e. The molecule has 15 nitrogen and oxygen atoms in total. The number of nitrogens with one attached hydrogen (secondary N) is 1. The van der Waals surface area contributed by atoms with Crippen molar-refractivity contribution >= 4 is 43.4 Å². The Morgan fingerprint density at radius 2 is 1.79 bits per heavy atom. The molecular formula is C22H24N10O5S2. The lowest BCUT2D eigenvalue weighted by Gasteiger charge is -2.33. The van der Waals surface area contributed by atoms with Gasteiger partial charge in [-0.1, -0.05) is 0 Å². The molecule has 0 bridgehead atoms. The van der Waals surface area contributed by atoms with Crippen LogP contribution in [0.15, 0.2) is 41.6 Å². The van der Waals surface area contributed by atoms with Crippen molar-refractivity contribution in [3.8, 4) is 6.07 Å². The Bertz CT molecular complexity index is 1650. The summed E-state index contributed by atoms with van der Waals surface area (Å²) in [6.07, 6.45) is 2.33. The number of rotatable bonds is 7. The zero-order valence-corrected chi connectivity index (χ0v) is 22.8. The van der Waals surface area contributed by atoms with Crippen LogP contribution in [0.3, 0.4) is 0 Å². The number of aromatic nitrogens is 5. The second-order valence-corrected chi connectivity index (χ2v) is 12.4. The first-order valence-corrected chi connectivity index (χ1v) is 14.7. The first-order chi connectivity index (χ1) is 18.4. The fourth-order valence-corrected chi connectivity index (χ4v) is 5.51. The van der Waals surface area contributed by atoms with Gasteiger partial charge in [0.1, 0.15) is 11.8 Å². The number of nitriles is 1. The Morgan fingerprint density at radius 3 is 2.41 bits per heavy atom. The predicted molar refractivity (Wildman–Crippen MR) is 140 cm³/mol. The summed E-state index contributed by atoms with van der Waals surface area (Å²) in [4.78, 5) is 27.1. The summed E-state index contributed by atoms with van der Waals surface area (Å²) in [5, 5.41) is 18.9. The molecule has 0 aromatic carbocycles. The van der Waals surface area contributed by atoms with E-state index in [1.807, 2.05) is 6.07 Å². The Morgan fingerprint density at radius 1 is 1.08 bits per heavy atom. The van der Waals surface area contributed by atoms with Crippen LogP contribution in [0.5, 0.6) is 0 Å². The topological polar surface area (TPSA) is 195 Å². The number of nitrogens with zero attached hydrogens (tertiary/aromatic N) is 9. The highest BCUT2D eigenvalue weighted by Crippen LogP contribution is 2.22. The van der Waals surface area contributed by atoms with Crippen LogP contribution >= 0.6 is 0 Å². The molecular weight excluding hydrogens is 548 g/mol. The quantitative estimate of drug-likeness (QED) is 0.398. The molecule has 0 atom stereocenters. The lowest BCUT2D eigenvalue weighted by Crippen LogP contribution is -2.49. The monoisotopic (exact) mass is 572 g/mol. The number of sulfonamides is 2. The molecule has 3 aromatic heterocycles. The third-order valence-electron chi connectivity index (χ3n) is 5.80. The predicted octanol–water partition coefficient (Wildman–Crippen LogP) is 0.000700. The third-order valence-corrected chi connectivity index (χ3v) is 8.79. The van der Waals surface area contributed by atoms with Gasteiger partial charge >= 0.3 is 0 Å². The zero-order chi connectivity index (χ0) is 28.4. The lowest BCUT2D eigenvalue weighted by atomic mass is 10.3. The summed E-state index contributed by atoms with van der Waals surface area (Å²) in [6.45, 7) is 2.64. The second kappa shape index (κ2) is 10.8. The maximum absolute atomic E-state index is 13.1. The van der Waals surface area contributed by atoms with Crippen molar-refractivity contribution in [3.63, 3.8) is 0 Å². The van der Waals surface area contributed by atoms with E-state index in [0.717, 1.165) is 10.6 Å². The van der Waals surface area contributed by atoms with Gasteiger partial charge in [0.05, 0.1) is 11.9 Å². The van der Waals surface area contributed by atoms with Crippen LogP contribution < -0.4 is 14.5 Å². The summed E-state index contributed by atoms with van der Waals surface area (Å²) in [7, 11) is -6.34. The Hall–Kier alpha value is -4.27. The van der Waals surface area contributed by atoms with E-state index in [-0.39, 0.29) is 41.0 Å². The molecule has 1 fully saturated rings. The number of aryl methyl sites for hydroxylation is 1. The van der Waals surface area contributed by atoms with Crippen LogP contribution in [0.25, 0.3) is 0 Å². The van der Waals surface area contributed by atoms with Crippen molar-refractivity contribution in [2.75, 3.05) is 54.0 Å². The van der Waals surface area contributed by atoms with Crippen LogP contribution in [0.2, 0.25) is 0 Å². The molecule has 3 aromatic rings. The van der Waals surface area contributed by atoms with E-state index < -0.39 is 26.0 Å². The Kier molecular flexibility index (Phi) is 7.72. The van der Waals surface area contributed by atoms with Gasteiger partial charge in [-0.15, -0.1) is 10.2 Å². The minimum atomic E-state index is -3.98. The summed E-state index contributed by atoms with van der Waals surface area (Å²) in [5.74, 6) is -0.436. The largest absolute Gasteiger partial charge is 0.338 e. The SMILES string of the molecule is Cc1cc(C#N)nc(N2CCN(S(=O)(=O)c3ccc(NC(=O)c4ncccc4N(C)S(C)(=O)=O)nn3)CC2)n1. The maximum atomic E-state index is 13.1. The van der Waals surface area contributed by atoms with Crippen LogP contribution in [-0.2, 0) is 20.0 Å². The van der Waals surface area contributed by atoms with Crippen molar-refractivity contribution in [2.45, 2.75) is 11.9 Å². The Labute approximate surface area is 225 Å². The maximum Gasteiger partial charge on any atom is 0.277 e. The molecule has 1 aliphatic rings. The Balaban J connectivity index is 1.44. The van der Waals surface area contributed by atoms with E-state index in [1.165, 1.54) is 41.8 Å². The van der Waals surface area contributed by atoms with Gasteiger partial charge in [-0.25, -0.2) is 31.8 Å². The molecule has 4 rings (SSSR count). The molecule has 0 spiro atoms. The van der Waals surface area contributed by atoms with Crippen LogP contribution in [-0.4, -0.2) is 91.7 Å². The molecule has 39 heavy (non-hydrogen) atoms. The number of piperazine rings is 1. The van der Waals surface area contributed by atoms with E-state index >= 15 is 0 Å². The van der Waals surface area contributed by atoms with Crippen LogP contribution in [0, 0.1) is 18.3 Å². The molecule has 204 valence electrons. The molecule has 0 radical (unpaired) electrons. The summed E-state index contributed by atoms with van der Waals surface area (Å²) < 4.78 is 52.3. The molecule has 17 heteroatoms. The number of pyridine rings is 1. The summed E-state index contributed by atoms with van der Waals surface area (Å²) in [6, 6.07) is 8.97. The molecule has 4 heterocycles. The van der Waals surface area contributed by atoms with Gasteiger partial charge in [0.2, 0.25) is 16.0 Å². The number of amides is 1. The molecule has 0 aliphatic carbocycles. The molecule has 1 saturated heterocycles. The van der Waals surface area contributed by atoms with Crippen LogP contribution in [0.4, 0.5) is 17.5 Å². The van der Waals surface area contributed by atoms with Gasteiger partial charge in [0.15, 0.2) is 16.5 Å². The number of hydrogen-bond donors (Lipinski definition) is 1. The van der Waals surface area contributed by atoms with E-state index in [1.54, 1.807) is 17.9 Å². The zero-order valence-electron chi connectivity index (χ0n) is 21.2. The molecule has 1 amide bonds. The average molecular weight is 573 g/mol. The van der Waals surface area contributed by atoms with E-state index in [2.05, 4.69) is 30.5 Å². The van der Waals surface area contributed by atoms with Gasteiger partial charge in [0, 0.05) is 45.1 Å². The molecule has 0 saturated carbocycles. The van der Waals surface area contributed by atoms with Crippen molar-refractivity contribution in [2.24, 2.45) is 0 Å². The van der Waals surface area contributed by atoms with Crippen LogP contribution in [0.1, 0.15) is 21.9 Å². The van der Waals surface area contributed by atoms with Gasteiger partial charge in [0.25, 0.3) is 15.9 Å². The van der Waals surface area contributed by atoms with Crippen molar-refractivity contribution in [1.82, 2.24) is 29.5 Å². The van der Waals surface area contributed by atoms with Crippen molar-refractivity contribution in [1.29, 1.82) is 5.26 Å². The van der Waals surface area contributed by atoms with Gasteiger partial charge < -0.3 is 10.2 Å². The molecule has 0 unspecified atom stereocenters. The molecule has 1 aliphatic heterocycles. The number of hydrogen-bond acceptors (Lipinski definition) is 12. The third kappa shape index (κ3) is 6.08. The number of anilines is 3. The second-order valence-electron chi connectivity index (χ2n) is 8.51. The highest BCUT2D eigenvalue weighted by Gasteiger charge is 2.31. The summed E-state index contributed by atoms with van der Waals surface area (Å²) >= 11 is 0. The van der Waals surface area contributed by atoms with E-state index in [4.69, 9.17) is 5.26 Å². The first-order valence-electron chi connectivity index (χ1n) is 11.4. The highest BCUT2D eigenvalue weighted by atomic mass is 32.2. The normalized spacial score (nSPS) is 14.5. The van der Waals surface area contributed by atoms with Gasteiger partial charge in [-0.05, 0) is 37.3 Å². The average Bonchev–Trinajstić information content (AvgIpc) is 2.92. The van der Waals surface area contributed by atoms with E-state index in [0.29, 0.717) is 24.7 Å². The number of carbonyl (C=O) groups excluding carboxylic acids is 1. The van der Waals surface area contributed by atoms with Gasteiger partial charge in [-0.3, -0.25) is 9.10 Å². The standard InChI is InChI=1S/C22H24N10O5S2/c1-15-13-16(14-23)26-22(25-15)31-9-11-32(12-10-31)39(36,37)19-7-6-18(28-29-19)27-21(33)20-17(5-4-8-24-20)30(2)38(3,34)35/h4-8,13H,9-12H2,1-3H3,(H,27,28,33). The van der Waals surface area contributed by atoms with Crippen molar-refractivity contribution in [3.05, 3.63) is 53.6 Å². The lowest BCUT2D eigenvalue weighted by molar-refractivity contribution is 0.102.